The lowest BCUT2D eigenvalue weighted by molar-refractivity contribution is 0.0602. The highest BCUT2D eigenvalue weighted by molar-refractivity contribution is 7.93. The van der Waals surface area contributed by atoms with E-state index < -0.39 is 32.1 Å². The Morgan fingerprint density at radius 2 is 1.94 bits per heavy atom. The number of nitrogens with two attached hydrogens (primary N) is 5. The number of nitrogens with zero attached hydrogens (tertiary/aromatic N) is 1. The van der Waals surface area contributed by atoms with Crippen molar-refractivity contribution in [1.82, 2.24) is 5.53 Å². The first-order valence-corrected chi connectivity index (χ1v) is 11.5. The number of sulfonamides is 1. The number of amidine groups is 1. The molecule has 0 saturated heterocycles. The minimum Gasteiger partial charge on any atom is -0.611 e. The standard InChI is InChI=1S/C17H23N7O5S2/c1-29-17(25)11-4-2-3-10(14(11)19)9-5-6-12(30(26)8-7-18)15(31(22,27)28)13(9)16(20)23-24-21/h2-6,24H,7-8,18-19,21H2,1H3,(H2,20,23)(H2,22,27,28). The number of nitrogens with one attached hydrogen (secondary N) is 1. The van der Waals surface area contributed by atoms with Crippen molar-refractivity contribution in [3.63, 3.8) is 0 Å². The molecule has 0 aliphatic rings. The predicted molar refractivity (Wildman–Crippen MR) is 117 cm³/mol. The smallest absolute Gasteiger partial charge is 0.339 e. The second kappa shape index (κ2) is 9.95. The lowest BCUT2D eigenvalue weighted by Gasteiger charge is -2.19. The number of esters is 1. The molecule has 0 heterocycles. The molecule has 1 atom stereocenters. The van der Waals surface area contributed by atoms with Crippen LogP contribution in [-0.2, 0) is 25.9 Å². The Bertz CT molecular complexity index is 1120. The third-order valence-corrected chi connectivity index (χ3v) is 6.76. The van der Waals surface area contributed by atoms with Crippen LogP contribution >= 0.6 is 0 Å². The van der Waals surface area contributed by atoms with Crippen LogP contribution in [0.4, 0.5) is 5.69 Å². The summed E-state index contributed by atoms with van der Waals surface area (Å²) in [5, 5.41) is 9.10. The molecule has 168 valence electrons. The Morgan fingerprint density at radius 3 is 2.48 bits per heavy atom. The van der Waals surface area contributed by atoms with Gasteiger partial charge >= 0.3 is 5.97 Å². The number of carbonyl (C=O) groups excluding carboxylic acids is 1. The predicted octanol–water partition coefficient (Wildman–Crippen LogP) is -1.48. The molecule has 2 aromatic rings. The first kappa shape index (κ1) is 24.4. The van der Waals surface area contributed by atoms with Crippen molar-refractivity contribution in [2.75, 3.05) is 25.1 Å². The summed E-state index contributed by atoms with van der Waals surface area (Å²) in [5.41, 5.74) is 19.9. The van der Waals surface area contributed by atoms with Crippen LogP contribution in [-0.4, -0.2) is 44.2 Å². The van der Waals surface area contributed by atoms with E-state index in [1.165, 1.54) is 37.4 Å². The minimum absolute atomic E-state index is 0.000285. The van der Waals surface area contributed by atoms with E-state index in [2.05, 4.69) is 5.10 Å². The first-order valence-electron chi connectivity index (χ1n) is 8.63. The van der Waals surface area contributed by atoms with Gasteiger partial charge < -0.3 is 26.5 Å². The van der Waals surface area contributed by atoms with Crippen LogP contribution in [0.1, 0.15) is 15.9 Å². The summed E-state index contributed by atoms with van der Waals surface area (Å²) in [7, 11) is -3.27. The van der Waals surface area contributed by atoms with Gasteiger partial charge in [0.15, 0.2) is 10.7 Å². The lowest BCUT2D eigenvalue weighted by atomic mass is 9.95. The van der Waals surface area contributed by atoms with E-state index in [0.29, 0.717) is 0 Å². The van der Waals surface area contributed by atoms with Crippen molar-refractivity contribution in [2.24, 2.45) is 27.6 Å². The molecule has 2 aromatic carbocycles. The van der Waals surface area contributed by atoms with Gasteiger partial charge in [-0.15, -0.1) is 5.10 Å². The van der Waals surface area contributed by atoms with Gasteiger partial charge in [0.2, 0.25) is 10.0 Å². The number of anilines is 1. The Hall–Kier alpha value is -2.88. The molecule has 0 fully saturated rings. The maximum atomic E-state index is 12.6. The fraction of sp³-hybridized carbons (Fsp3) is 0.176. The Morgan fingerprint density at radius 1 is 1.26 bits per heavy atom. The Balaban J connectivity index is 3.00. The van der Waals surface area contributed by atoms with Gasteiger partial charge in [0.25, 0.3) is 0 Å². The molecule has 2 rings (SSSR count). The van der Waals surface area contributed by atoms with E-state index in [0.717, 1.165) is 0 Å². The fourth-order valence-corrected chi connectivity index (χ4v) is 5.37. The van der Waals surface area contributed by atoms with Gasteiger partial charge in [0.1, 0.15) is 10.6 Å². The number of benzene rings is 2. The highest BCUT2D eigenvalue weighted by Crippen LogP contribution is 2.37. The maximum absolute atomic E-state index is 12.6. The van der Waals surface area contributed by atoms with Crippen LogP contribution in [0.2, 0.25) is 0 Å². The number of ether oxygens (including phenoxy) is 1. The van der Waals surface area contributed by atoms with E-state index in [1.54, 1.807) is 0 Å². The zero-order valence-electron chi connectivity index (χ0n) is 16.5. The number of hydrogen-bond acceptors (Lipinski definition) is 10. The van der Waals surface area contributed by atoms with Crippen LogP contribution in [0, 0.1) is 0 Å². The molecule has 0 bridgehead atoms. The van der Waals surface area contributed by atoms with Crippen molar-refractivity contribution in [1.29, 1.82) is 0 Å². The summed E-state index contributed by atoms with van der Waals surface area (Å²) in [4.78, 5) is 11.4. The molecule has 0 aliphatic carbocycles. The zero-order valence-corrected chi connectivity index (χ0v) is 18.1. The van der Waals surface area contributed by atoms with Crippen LogP contribution in [0.15, 0.2) is 45.2 Å². The van der Waals surface area contributed by atoms with Gasteiger partial charge in [-0.25, -0.2) is 29.7 Å². The SMILES string of the molecule is COC(=O)c1cccc(-c2ccc([S+]([O-])CCN)c(S(N)(=O)=O)c2/C(N)=N/NN)c1N. The average molecular weight is 470 g/mol. The van der Waals surface area contributed by atoms with Crippen molar-refractivity contribution in [3.05, 3.63) is 41.5 Å². The molecule has 0 aromatic heterocycles. The molecule has 0 radical (unpaired) electrons. The van der Waals surface area contributed by atoms with Crippen molar-refractivity contribution < 1.29 is 22.5 Å². The summed E-state index contributed by atoms with van der Waals surface area (Å²) in [5.74, 6) is 4.13. The molecular formula is C17H23N7O5S2. The largest absolute Gasteiger partial charge is 0.611 e. The van der Waals surface area contributed by atoms with E-state index in [9.17, 15) is 17.8 Å². The van der Waals surface area contributed by atoms with Crippen molar-refractivity contribution in [3.8, 4) is 11.1 Å². The van der Waals surface area contributed by atoms with Crippen molar-refractivity contribution >= 4 is 38.7 Å². The van der Waals surface area contributed by atoms with Gasteiger partial charge in [-0.05, 0) is 34.9 Å². The normalized spacial score (nSPS) is 13.0. The number of methoxy groups -OCH3 is 1. The van der Waals surface area contributed by atoms with Crippen LogP contribution in [0.25, 0.3) is 11.1 Å². The number of hydrazone groups is 1. The number of nitrogen functional groups attached to an aromatic ring is 1. The minimum atomic E-state index is -4.46. The number of primary sulfonamides is 1. The second-order valence-corrected chi connectivity index (χ2v) is 9.12. The third kappa shape index (κ3) is 5.07. The summed E-state index contributed by atoms with van der Waals surface area (Å²) >= 11 is -1.81. The molecule has 31 heavy (non-hydrogen) atoms. The molecule has 14 heteroatoms. The summed E-state index contributed by atoms with van der Waals surface area (Å²) in [6, 6.07) is 7.26. The first-order chi connectivity index (χ1) is 14.6. The molecule has 1 unspecified atom stereocenters. The maximum Gasteiger partial charge on any atom is 0.339 e. The van der Waals surface area contributed by atoms with Gasteiger partial charge in [0.05, 0.1) is 23.9 Å². The quantitative estimate of drug-likeness (QED) is 0.0498. The lowest BCUT2D eigenvalue weighted by Crippen LogP contribution is -2.29. The highest BCUT2D eigenvalue weighted by Gasteiger charge is 2.31. The number of hydrazine groups is 1. The molecule has 0 saturated carbocycles. The molecule has 0 aliphatic heterocycles. The van der Waals surface area contributed by atoms with Crippen LogP contribution in [0.5, 0.6) is 0 Å². The van der Waals surface area contributed by atoms with Crippen LogP contribution < -0.4 is 33.7 Å². The monoisotopic (exact) mass is 469 g/mol. The Kier molecular flexibility index (Phi) is 7.83. The molecular weight excluding hydrogens is 446 g/mol. The van der Waals surface area contributed by atoms with E-state index in [-0.39, 0.29) is 51.0 Å². The van der Waals surface area contributed by atoms with Gasteiger partial charge in [-0.1, -0.05) is 12.1 Å². The fourth-order valence-electron chi connectivity index (χ4n) is 2.93. The summed E-state index contributed by atoms with van der Waals surface area (Å²) < 4.78 is 42.4. The van der Waals surface area contributed by atoms with E-state index in [1.807, 2.05) is 5.53 Å². The number of carbonyl (C=O) groups is 1. The second-order valence-electron chi connectivity index (χ2n) is 6.08. The summed E-state index contributed by atoms with van der Waals surface area (Å²) in [6.45, 7) is 0.0375. The Labute approximate surface area is 182 Å². The van der Waals surface area contributed by atoms with E-state index in [4.69, 9.17) is 32.9 Å². The number of para-hydroxylation sites is 1. The van der Waals surface area contributed by atoms with Gasteiger partial charge in [0, 0.05) is 12.1 Å². The van der Waals surface area contributed by atoms with Crippen LogP contribution in [0.3, 0.4) is 0 Å². The molecule has 0 amide bonds. The highest BCUT2D eigenvalue weighted by atomic mass is 32.2. The number of rotatable bonds is 8. The summed E-state index contributed by atoms with van der Waals surface area (Å²) in [6.07, 6.45) is 0. The average Bonchev–Trinajstić information content (AvgIpc) is 2.72. The van der Waals surface area contributed by atoms with E-state index >= 15 is 0 Å². The van der Waals surface area contributed by atoms with Crippen molar-refractivity contribution in [2.45, 2.75) is 9.79 Å². The van der Waals surface area contributed by atoms with Gasteiger partial charge in [-0.3, -0.25) is 0 Å². The number of hydrogen-bond donors (Lipinski definition) is 6. The van der Waals surface area contributed by atoms with Gasteiger partial charge in [-0.2, -0.15) is 0 Å². The topological polar surface area (TPSA) is 238 Å². The third-order valence-electron chi connectivity index (χ3n) is 4.20. The molecule has 12 nitrogen and oxygen atoms in total. The molecule has 11 N–H and O–H groups in total. The zero-order chi connectivity index (χ0) is 23.3. The molecule has 0 spiro atoms.